The number of aromatic hydroxyl groups is 1. The van der Waals surface area contributed by atoms with E-state index in [1.165, 1.54) is 13.2 Å². The number of aromatic nitrogens is 1. The number of carbonyl (C=O) groups excluding carboxylic acids is 4. The van der Waals surface area contributed by atoms with Crippen LogP contribution in [-0.2, 0) is 35.6 Å². The highest BCUT2D eigenvalue weighted by Gasteiger charge is 2.70. The summed E-state index contributed by atoms with van der Waals surface area (Å²) in [6.45, 7) is -0.112. The average Bonchev–Trinajstić information content (AvgIpc) is 3.50. The SMILES string of the molecule is COc1cc(C2C3=CCC4C(=O)N(CCCC(=O)O)C(=O)C4C3CC3C(=O)N(Nc4ncc(C(F)(F)F)cc4Cl)C(=O)C32c2ccc(Cl)cc2)cc(Br)c1O. The molecule has 2 aliphatic heterocycles. The van der Waals surface area contributed by atoms with E-state index < -0.39 is 87.2 Å². The zero-order chi connectivity index (χ0) is 39.7. The van der Waals surface area contributed by atoms with Crippen LogP contribution in [0.3, 0.4) is 0 Å². The van der Waals surface area contributed by atoms with Crippen molar-refractivity contribution in [2.45, 2.75) is 43.2 Å². The normalized spacial score (nSPS) is 26.1. The van der Waals surface area contributed by atoms with E-state index >= 15 is 4.79 Å². The first kappa shape index (κ1) is 38.6. The summed E-state index contributed by atoms with van der Waals surface area (Å²) in [5.74, 6) is -9.19. The number of carboxylic acids is 1. The molecule has 3 aromatic rings. The van der Waals surface area contributed by atoms with Crippen LogP contribution in [0.4, 0.5) is 19.0 Å². The molecule has 55 heavy (non-hydrogen) atoms. The highest BCUT2D eigenvalue weighted by atomic mass is 79.9. The van der Waals surface area contributed by atoms with Crippen LogP contribution in [-0.4, -0.2) is 68.4 Å². The molecule has 3 N–H and O–H groups in total. The van der Waals surface area contributed by atoms with Gasteiger partial charge in [0.05, 0.1) is 45.3 Å². The third-order valence-electron chi connectivity index (χ3n) is 11.0. The summed E-state index contributed by atoms with van der Waals surface area (Å²) in [4.78, 5) is 74.0. The molecule has 0 bridgehead atoms. The third-order valence-corrected chi connectivity index (χ3v) is 12.2. The van der Waals surface area contributed by atoms with Gasteiger partial charge in [-0.05, 0) is 82.6 Å². The minimum absolute atomic E-state index is 0.0211. The Morgan fingerprint density at radius 3 is 2.42 bits per heavy atom. The molecule has 3 heterocycles. The van der Waals surface area contributed by atoms with Gasteiger partial charge in [-0.3, -0.25) is 34.3 Å². The minimum Gasteiger partial charge on any atom is -0.503 e. The maximum absolute atomic E-state index is 15.3. The fourth-order valence-corrected chi connectivity index (χ4v) is 9.54. The molecule has 1 aromatic heterocycles. The molecule has 6 atom stereocenters. The van der Waals surface area contributed by atoms with Crippen LogP contribution >= 0.6 is 39.1 Å². The van der Waals surface area contributed by atoms with Crippen molar-refractivity contribution < 1.29 is 52.1 Å². The Balaban J connectivity index is 1.42. The molecule has 2 saturated heterocycles. The molecule has 7 rings (SSSR count). The van der Waals surface area contributed by atoms with Crippen molar-refractivity contribution in [3.63, 3.8) is 0 Å². The first-order chi connectivity index (χ1) is 26.0. The maximum atomic E-state index is 15.3. The molecular weight excluding hydrogens is 836 g/mol. The molecule has 0 spiro atoms. The number of carbonyl (C=O) groups is 5. The van der Waals surface area contributed by atoms with Gasteiger partial charge in [0.15, 0.2) is 17.3 Å². The minimum atomic E-state index is -4.78. The number of nitrogens with one attached hydrogen (secondary N) is 1. The first-order valence-electron chi connectivity index (χ1n) is 17.0. The fraction of sp³-hybridized carbons (Fsp3) is 0.351. The number of ether oxygens (including phenoxy) is 1. The van der Waals surface area contributed by atoms with Gasteiger partial charge in [0, 0.05) is 30.1 Å². The van der Waals surface area contributed by atoms with Gasteiger partial charge in [0.25, 0.3) is 11.8 Å². The second kappa shape index (κ2) is 14.1. The van der Waals surface area contributed by atoms with Gasteiger partial charge in [0.1, 0.15) is 0 Å². The number of benzene rings is 2. The van der Waals surface area contributed by atoms with Crippen molar-refractivity contribution >= 4 is 74.5 Å². The molecule has 12 nitrogen and oxygen atoms in total. The van der Waals surface area contributed by atoms with Crippen LogP contribution in [0.15, 0.2) is 64.8 Å². The predicted molar refractivity (Wildman–Crippen MR) is 193 cm³/mol. The van der Waals surface area contributed by atoms with Gasteiger partial charge in [-0.1, -0.05) is 47.0 Å². The number of hydrogen-bond acceptors (Lipinski definition) is 9. The molecule has 4 aliphatic rings. The largest absolute Gasteiger partial charge is 0.503 e. The van der Waals surface area contributed by atoms with Crippen molar-refractivity contribution in [2.75, 3.05) is 19.1 Å². The standard InChI is InChI=1S/C37H30BrCl2F3N4O8/c1-55-26-12-16(11-24(38)30(26)50)29-20-8-9-21-28(34(53)46(32(21)51)10-2-3-27(48)49)22(20)14-23-33(52)47(35(54)36(23,29)17-4-6-19(39)7-5-17)45-31-25(40)13-18(15-44-31)37(41,42)43/h4-8,11-13,15,21-23,28-29,50H,2-3,9-10,14H2,1H3,(H,44,45)(H,48,49). The maximum Gasteiger partial charge on any atom is 0.417 e. The van der Waals surface area contributed by atoms with Crippen LogP contribution < -0.4 is 10.2 Å². The number of alkyl halides is 3. The van der Waals surface area contributed by atoms with Gasteiger partial charge >= 0.3 is 12.1 Å². The van der Waals surface area contributed by atoms with E-state index in [1.807, 2.05) is 0 Å². The number of amides is 4. The molecule has 4 amide bonds. The molecule has 18 heteroatoms. The summed E-state index contributed by atoms with van der Waals surface area (Å²) < 4.78 is 46.1. The topological polar surface area (TPSA) is 166 Å². The van der Waals surface area contributed by atoms with Gasteiger partial charge in [-0.25, -0.2) is 4.98 Å². The van der Waals surface area contributed by atoms with Gasteiger partial charge in [-0.2, -0.15) is 18.2 Å². The highest BCUT2D eigenvalue weighted by molar-refractivity contribution is 9.10. The number of hydrogen-bond donors (Lipinski definition) is 3. The van der Waals surface area contributed by atoms with E-state index in [0.717, 1.165) is 4.90 Å². The molecule has 2 aromatic carbocycles. The Kier molecular flexibility index (Phi) is 9.91. The highest BCUT2D eigenvalue weighted by Crippen LogP contribution is 2.64. The molecule has 3 fully saturated rings. The van der Waals surface area contributed by atoms with Crippen molar-refractivity contribution in [1.29, 1.82) is 0 Å². The lowest BCUT2D eigenvalue weighted by Gasteiger charge is -2.50. The van der Waals surface area contributed by atoms with Crippen molar-refractivity contribution in [3.05, 3.63) is 91.5 Å². The number of anilines is 1. The number of fused-ring (bicyclic) bond motifs is 4. The number of nitrogens with zero attached hydrogens (tertiary/aromatic N) is 3. The summed E-state index contributed by atoms with van der Waals surface area (Å²) in [5.41, 5.74) is 0.907. The second-order valence-corrected chi connectivity index (χ2v) is 15.5. The number of pyridine rings is 1. The number of halogens is 6. The van der Waals surface area contributed by atoms with Crippen LogP contribution in [0.5, 0.6) is 11.5 Å². The van der Waals surface area contributed by atoms with Gasteiger partial charge in [0.2, 0.25) is 11.8 Å². The summed E-state index contributed by atoms with van der Waals surface area (Å²) in [6, 6.07) is 9.95. The number of allylic oxidation sites excluding steroid dienone is 2. The summed E-state index contributed by atoms with van der Waals surface area (Å²) in [5, 5.41) is 20.5. The van der Waals surface area contributed by atoms with Crippen molar-refractivity contribution in [2.24, 2.45) is 23.7 Å². The summed E-state index contributed by atoms with van der Waals surface area (Å²) >= 11 is 15.9. The number of phenols is 1. The molecular formula is C37H30BrCl2F3N4O8. The first-order valence-corrected chi connectivity index (χ1v) is 18.5. The second-order valence-electron chi connectivity index (χ2n) is 13.8. The molecule has 0 radical (unpaired) electrons. The Morgan fingerprint density at radius 2 is 1.78 bits per heavy atom. The van der Waals surface area contributed by atoms with E-state index in [4.69, 9.17) is 27.9 Å². The number of imide groups is 2. The lowest BCUT2D eigenvalue weighted by Crippen LogP contribution is -2.53. The predicted octanol–water partition coefficient (Wildman–Crippen LogP) is 6.73. The fourth-order valence-electron chi connectivity index (χ4n) is 8.75. The van der Waals surface area contributed by atoms with Gasteiger partial charge in [-0.15, -0.1) is 0 Å². The number of carboxylic acid groups (broad SMARTS) is 1. The zero-order valence-corrected chi connectivity index (χ0v) is 31.7. The number of rotatable bonds is 9. The lowest BCUT2D eigenvalue weighted by molar-refractivity contribution is -0.142. The van der Waals surface area contributed by atoms with E-state index in [9.17, 15) is 42.6 Å². The number of likely N-dealkylation sites (tertiary alicyclic amines) is 1. The molecule has 2 aliphatic carbocycles. The number of hydrazine groups is 1. The Hall–Kier alpha value is -4.67. The van der Waals surface area contributed by atoms with Crippen LogP contribution in [0, 0.1) is 23.7 Å². The number of phenolic OH excluding ortho intramolecular Hbond substituents is 1. The Bertz CT molecular complexity index is 2190. The van der Waals surface area contributed by atoms with E-state index in [1.54, 1.807) is 36.4 Å². The molecule has 1 saturated carbocycles. The zero-order valence-electron chi connectivity index (χ0n) is 28.6. The van der Waals surface area contributed by atoms with E-state index in [2.05, 4.69) is 26.3 Å². The number of aliphatic carboxylic acids is 1. The van der Waals surface area contributed by atoms with Crippen LogP contribution in [0.25, 0.3) is 0 Å². The smallest absolute Gasteiger partial charge is 0.417 e. The summed E-state index contributed by atoms with van der Waals surface area (Å²) in [7, 11) is 1.33. The average molecular weight is 866 g/mol. The summed E-state index contributed by atoms with van der Waals surface area (Å²) in [6.07, 6.45) is -2.71. The molecule has 6 unspecified atom stereocenters. The number of methoxy groups -OCH3 is 1. The van der Waals surface area contributed by atoms with E-state index in [0.29, 0.717) is 39.0 Å². The Morgan fingerprint density at radius 1 is 1.07 bits per heavy atom. The lowest BCUT2D eigenvalue weighted by atomic mass is 9.49. The van der Waals surface area contributed by atoms with Gasteiger partial charge < -0.3 is 14.9 Å². The van der Waals surface area contributed by atoms with Crippen LogP contribution in [0.2, 0.25) is 10.0 Å². The molecule has 288 valence electrons. The third kappa shape index (κ3) is 6.22. The Labute approximate surface area is 329 Å². The van der Waals surface area contributed by atoms with Crippen molar-refractivity contribution in [1.82, 2.24) is 14.9 Å². The van der Waals surface area contributed by atoms with Crippen LogP contribution in [0.1, 0.15) is 48.3 Å². The van der Waals surface area contributed by atoms with E-state index in [-0.39, 0.29) is 48.2 Å². The monoisotopic (exact) mass is 864 g/mol. The van der Waals surface area contributed by atoms with Crippen molar-refractivity contribution in [3.8, 4) is 11.5 Å². The quantitative estimate of drug-likeness (QED) is 0.155.